The van der Waals surface area contributed by atoms with E-state index in [1.165, 1.54) is 48.5 Å². The van der Waals surface area contributed by atoms with Crippen molar-refractivity contribution >= 4 is 163 Å². The monoisotopic (exact) mass is 1080 g/mol. The van der Waals surface area contributed by atoms with Crippen LogP contribution in [0.2, 0.25) is 1.41 Å². The summed E-state index contributed by atoms with van der Waals surface area (Å²) in [5.74, 6) is -7.93. The summed E-state index contributed by atoms with van der Waals surface area (Å²) in [4.78, 5) is 144. The van der Waals surface area contributed by atoms with Crippen LogP contribution in [0.3, 0.4) is 0 Å². The van der Waals surface area contributed by atoms with Gasteiger partial charge in [-0.3, -0.25) is 29.8 Å². The summed E-state index contributed by atoms with van der Waals surface area (Å²) in [5.41, 5.74) is 3.18. The highest BCUT2D eigenvalue weighted by atomic mass is 127. The number of fused-ring (bicyclic) bond motifs is 2. The summed E-state index contributed by atoms with van der Waals surface area (Å²) in [6.45, 7) is 0. The van der Waals surface area contributed by atoms with Crippen LogP contribution >= 0.6 is 22.6 Å². The number of amides is 4. The Morgan fingerprint density at radius 1 is 0.329 bits per heavy atom. The number of imide groups is 2. The van der Waals surface area contributed by atoms with Gasteiger partial charge in [-0.05, 0) is 128 Å². The number of ether oxygens (including phenoxy) is 4. The fourth-order valence-corrected chi connectivity index (χ4v) is 10.2. The number of benzene rings is 9. The van der Waals surface area contributed by atoms with Gasteiger partial charge in [0.05, 0.1) is 50.1 Å². The van der Waals surface area contributed by atoms with E-state index < -0.39 is 71.4 Å². The lowest BCUT2D eigenvalue weighted by Gasteiger charge is -2.22. The maximum atomic E-state index is 12.3. The smallest absolute Gasteiger partial charge is 0.346 e. The van der Waals surface area contributed by atoms with Crippen molar-refractivity contribution in [3.05, 3.63) is 164 Å². The molecule has 9 aromatic rings. The van der Waals surface area contributed by atoms with Crippen molar-refractivity contribution in [1.82, 2.24) is 10.6 Å². The average Bonchev–Trinajstić information content (AvgIpc) is 3.45. The summed E-state index contributed by atoms with van der Waals surface area (Å²) < 4.78 is 31.4. The molecule has 0 atom stereocenters. The van der Waals surface area contributed by atoms with Crippen molar-refractivity contribution in [2.45, 2.75) is 0 Å². The number of halogens is 1. The molecule has 73 heavy (non-hydrogen) atoms. The van der Waals surface area contributed by atoms with Gasteiger partial charge in [-0.15, -0.1) is 0 Å². The summed E-state index contributed by atoms with van der Waals surface area (Å²) in [6.07, 6.45) is 0. The number of carbonyl (C=O) groups is 12. The highest BCUT2D eigenvalue weighted by Gasteiger charge is 2.37. The zero-order valence-electron chi connectivity index (χ0n) is 38.1. The van der Waals surface area contributed by atoms with Crippen LogP contribution in [0, 0.1) is 5.40 Å². The number of nitrogens with one attached hydrogen (secondary N) is 3. The summed E-state index contributed by atoms with van der Waals surface area (Å²) >= 11 is 1.64. The van der Waals surface area contributed by atoms with Crippen LogP contribution in [-0.4, -0.2) is 75.6 Å². The molecular weight excluding hydrogens is 1060 g/mol. The summed E-state index contributed by atoms with van der Waals surface area (Å²) in [5, 5.41) is 14.5. The van der Waals surface area contributed by atoms with Crippen LogP contribution in [-0.2, 0) is 18.9 Å². The predicted octanol–water partition coefficient (Wildman–Crippen LogP) is 7.45. The number of esters is 8. The van der Waals surface area contributed by atoms with Crippen LogP contribution in [0.5, 0.6) is 0 Å². The highest BCUT2D eigenvalue weighted by molar-refractivity contribution is 14.1. The van der Waals surface area contributed by atoms with E-state index in [4.69, 9.17) is 12.3 Å². The van der Waals surface area contributed by atoms with E-state index in [-0.39, 0.29) is 37.2 Å². The topological polar surface area (TPSA) is 290 Å². The Morgan fingerprint density at radius 2 is 0.493 bits per heavy atom. The van der Waals surface area contributed by atoms with Crippen molar-refractivity contribution in [3.8, 4) is 0 Å². The van der Waals surface area contributed by atoms with Crippen molar-refractivity contribution in [2.75, 3.05) is 0 Å². The average molecular weight is 1080 g/mol. The van der Waals surface area contributed by atoms with Crippen molar-refractivity contribution < 1.29 is 79.3 Å². The molecule has 0 spiro atoms. The molecule has 0 aliphatic carbocycles. The Labute approximate surface area is 420 Å². The van der Waals surface area contributed by atoms with E-state index in [1.807, 2.05) is 24.3 Å². The van der Waals surface area contributed by atoms with Gasteiger partial charge in [0.15, 0.2) is 1.41 Å². The predicted molar refractivity (Wildman–Crippen MR) is 261 cm³/mol. The molecule has 3 N–H and O–H groups in total. The van der Waals surface area contributed by atoms with Gasteiger partial charge < -0.3 is 24.3 Å². The number of cyclic esters (lactones) is 8. The molecule has 6 heterocycles. The molecule has 350 valence electrons. The van der Waals surface area contributed by atoms with E-state index >= 15 is 0 Å². The Kier molecular flexibility index (Phi) is 9.07. The third kappa shape index (κ3) is 6.19. The first-order valence-electron chi connectivity index (χ1n) is 22.2. The van der Waals surface area contributed by atoms with Gasteiger partial charge in [-0.2, -0.15) is 0 Å². The van der Waals surface area contributed by atoms with E-state index in [9.17, 15) is 57.5 Å². The zero-order chi connectivity index (χ0) is 52.6. The van der Waals surface area contributed by atoms with Crippen LogP contribution in [0.4, 0.5) is 0 Å². The van der Waals surface area contributed by atoms with Gasteiger partial charge in [0.25, 0.3) is 23.6 Å². The molecule has 9 aromatic carbocycles. The number of hydrogen-bond donors (Lipinski definition) is 3. The minimum Gasteiger partial charge on any atom is -0.386 e. The standard InChI is InChI=1S/C24H8O6.C14H6N2O4.C14H4O6.CH2IN/c25-21-13-5-1-9-10-2-6-15-20-16(24(28)30-23(15)27)8-4-12(18(10)20)11-3-7-14(22(26)29-21)19(13)17(9)11;17-11-5-1-2-6-10-8(14(20)16-12(6)18)4-3-7(9(5)10)13(19)15-11;15-11-5-1-2-6-10-8(14(18)20-12(6)16)4-3-7(9(5)10)13(17)19-11;2-1-3/h1-8H;1-4H,(H,15,17,19)(H,16,18,20);1-4H;1,3H/i;;;1D/hT. The lowest BCUT2D eigenvalue weighted by molar-refractivity contribution is 0.0366. The first kappa shape index (κ1) is 42.0. The Bertz CT molecular complexity index is 3820. The molecule has 4 amide bonds. The SMILES string of the molecule is O=C1NC(=O)c2ccc3c4c(ccc1c24)C(=O)NC3=O.O=C1OC(=O)c2ccc3c4c(ccc1c24)C(=O)OC3=O.O=C1OC(=O)c2ccc3c4ccc5c6c(ccc(c7ccc1c2c73)c64)C(=O)OC5=O.[2H]C(I)=N[3H]. The summed E-state index contributed by atoms with van der Waals surface area (Å²) in [6, 6.07) is 25.4. The molecule has 15 rings (SSSR count). The zero-order valence-corrected chi connectivity index (χ0v) is 38.3. The van der Waals surface area contributed by atoms with Crippen LogP contribution in [0.1, 0.15) is 126 Å². The fraction of sp³-hybridized carbons (Fsp3) is 0. The van der Waals surface area contributed by atoms with Gasteiger partial charge in [-0.25, -0.2) is 38.4 Å². The molecule has 0 saturated heterocycles. The second-order valence-electron chi connectivity index (χ2n) is 16.6. The Balaban J connectivity index is 0.000000112. The second kappa shape index (κ2) is 15.8. The lowest BCUT2D eigenvalue weighted by Crippen LogP contribution is -2.38. The molecule has 20 heteroatoms. The van der Waals surface area contributed by atoms with E-state index in [1.54, 1.807) is 46.9 Å². The molecule has 0 unspecified atom stereocenters. The number of carbonyl (C=O) groups excluding carboxylic acids is 12. The highest BCUT2D eigenvalue weighted by Crippen LogP contribution is 2.46. The van der Waals surface area contributed by atoms with E-state index in [0.717, 1.165) is 32.3 Å². The number of hydrogen-bond acceptors (Lipinski definition) is 17. The third-order valence-electron chi connectivity index (χ3n) is 13.2. The molecular formula is C53H20IN3O16. The Hall–Kier alpha value is -9.96. The maximum absolute atomic E-state index is 12.3. The molecule has 0 aromatic heterocycles. The fourth-order valence-electron chi connectivity index (χ4n) is 10.2. The molecule has 19 nitrogen and oxygen atoms in total. The van der Waals surface area contributed by atoms with Gasteiger partial charge in [0, 0.05) is 54.6 Å². The molecule has 6 aliphatic heterocycles. The van der Waals surface area contributed by atoms with Gasteiger partial charge in [-0.1, -0.05) is 24.3 Å². The normalized spacial score (nSPS) is 16.1. The van der Waals surface area contributed by atoms with Crippen LogP contribution < -0.4 is 10.6 Å². The molecule has 0 fully saturated rings. The quantitative estimate of drug-likeness (QED) is 0.0194. The summed E-state index contributed by atoms with van der Waals surface area (Å²) in [7, 11) is 0. The van der Waals surface area contributed by atoms with Gasteiger partial charge >= 0.3 is 47.8 Å². The maximum Gasteiger partial charge on any atom is 0.346 e. The second-order valence-corrected chi connectivity index (χ2v) is 17.1. The first-order chi connectivity index (χ1) is 36.0. The van der Waals surface area contributed by atoms with Gasteiger partial charge in [0.2, 0.25) is 0 Å². The number of rotatable bonds is 0. The minimum atomic E-state index is -0.794. The Morgan fingerprint density at radius 3 is 0.699 bits per heavy atom. The third-order valence-corrected chi connectivity index (χ3v) is 13.2. The molecule has 0 radical (unpaired) electrons. The molecule has 6 aliphatic rings. The van der Waals surface area contributed by atoms with Gasteiger partial charge in [0.1, 0.15) is 0 Å². The largest absolute Gasteiger partial charge is 0.386 e. The van der Waals surface area contributed by atoms with Crippen molar-refractivity contribution in [2.24, 2.45) is 0 Å². The molecule has 0 saturated carbocycles. The van der Waals surface area contributed by atoms with E-state index in [2.05, 4.69) is 25.5 Å². The van der Waals surface area contributed by atoms with Crippen molar-refractivity contribution in [1.29, 1.82) is 5.40 Å². The minimum absolute atomic E-state index is 0.0163. The van der Waals surface area contributed by atoms with Crippen LogP contribution in [0.15, 0.2) is 97.1 Å². The first-order valence-corrected chi connectivity index (χ1v) is 22.4. The van der Waals surface area contributed by atoms with Crippen molar-refractivity contribution in [3.63, 3.8) is 0 Å². The van der Waals surface area contributed by atoms with Crippen LogP contribution in [0.25, 0.3) is 64.6 Å². The molecule has 0 bridgehead atoms. The van der Waals surface area contributed by atoms with E-state index in [0.29, 0.717) is 66.1 Å². The lowest BCUT2D eigenvalue weighted by atomic mass is 9.83.